The molecular formula is C12H16N2O3. The van der Waals surface area contributed by atoms with Crippen LogP contribution in [0, 0.1) is 0 Å². The van der Waals surface area contributed by atoms with Gasteiger partial charge in [0, 0.05) is 6.07 Å². The van der Waals surface area contributed by atoms with Crippen molar-refractivity contribution in [1.82, 2.24) is 0 Å². The number of anilines is 1. The number of phenolic OH excluding ortho intramolecular Hbond substituents is 1. The van der Waals surface area contributed by atoms with Crippen LogP contribution < -0.4 is 15.8 Å². The molecule has 0 spiro atoms. The molecule has 1 aromatic rings. The molecule has 5 nitrogen and oxygen atoms in total. The number of hydrogen-bond acceptors (Lipinski definition) is 4. The molecule has 5 heteroatoms. The molecule has 1 aromatic carbocycles. The molecule has 1 saturated carbocycles. The minimum Gasteiger partial charge on any atom is -0.506 e. The van der Waals surface area contributed by atoms with Crippen LogP contribution in [0.5, 0.6) is 11.5 Å². The highest BCUT2D eigenvalue weighted by atomic mass is 16.5. The van der Waals surface area contributed by atoms with Gasteiger partial charge >= 0.3 is 0 Å². The third-order valence-electron chi connectivity index (χ3n) is 3.15. The second kappa shape index (κ2) is 4.25. The van der Waals surface area contributed by atoms with Crippen molar-refractivity contribution in [1.29, 1.82) is 0 Å². The minimum atomic E-state index is -0.782. The molecule has 2 rings (SSSR count). The molecule has 1 aliphatic rings. The van der Waals surface area contributed by atoms with E-state index in [4.69, 9.17) is 10.5 Å². The third-order valence-corrected chi connectivity index (χ3v) is 3.15. The van der Waals surface area contributed by atoms with Crippen molar-refractivity contribution >= 4 is 11.6 Å². The first-order valence-electron chi connectivity index (χ1n) is 5.52. The second-order valence-electron chi connectivity index (χ2n) is 4.35. The van der Waals surface area contributed by atoms with Crippen molar-refractivity contribution in [2.75, 3.05) is 12.4 Å². The Labute approximate surface area is 99.6 Å². The average molecular weight is 236 g/mol. The molecule has 0 atom stereocenters. The van der Waals surface area contributed by atoms with Gasteiger partial charge in [0.2, 0.25) is 5.91 Å². The molecule has 0 radical (unpaired) electrons. The van der Waals surface area contributed by atoms with Gasteiger partial charge < -0.3 is 20.9 Å². The standard InChI is InChI=1S/C12H16N2O3/c1-17-8-3-4-10(15)9(7-8)14-11(16)12(13)5-2-6-12/h3-4,7,15H,2,5-6,13H2,1H3,(H,14,16). The van der Waals surface area contributed by atoms with E-state index in [1.807, 2.05) is 0 Å². The number of carbonyl (C=O) groups is 1. The number of nitrogens with one attached hydrogen (secondary N) is 1. The zero-order valence-electron chi connectivity index (χ0n) is 9.69. The SMILES string of the molecule is COc1ccc(O)c(NC(=O)C2(N)CCC2)c1. The van der Waals surface area contributed by atoms with E-state index in [2.05, 4.69) is 5.32 Å². The predicted octanol–water partition coefficient (Wildman–Crippen LogP) is 1.22. The quantitative estimate of drug-likeness (QED) is 0.689. The fraction of sp³-hybridized carbons (Fsp3) is 0.417. The Morgan fingerprint density at radius 2 is 2.24 bits per heavy atom. The number of hydrogen-bond donors (Lipinski definition) is 3. The number of rotatable bonds is 3. The number of nitrogens with two attached hydrogens (primary N) is 1. The van der Waals surface area contributed by atoms with Gasteiger partial charge in [-0.1, -0.05) is 0 Å². The first kappa shape index (κ1) is 11.7. The number of aromatic hydroxyl groups is 1. The van der Waals surface area contributed by atoms with Crippen LogP contribution in [-0.4, -0.2) is 23.7 Å². The van der Waals surface area contributed by atoms with E-state index >= 15 is 0 Å². The minimum absolute atomic E-state index is 0.00192. The molecule has 92 valence electrons. The summed E-state index contributed by atoms with van der Waals surface area (Å²) in [6.45, 7) is 0. The second-order valence-corrected chi connectivity index (χ2v) is 4.35. The number of carbonyl (C=O) groups excluding carboxylic acids is 1. The highest BCUT2D eigenvalue weighted by Gasteiger charge is 2.40. The zero-order chi connectivity index (χ0) is 12.5. The topological polar surface area (TPSA) is 84.6 Å². The van der Waals surface area contributed by atoms with Gasteiger partial charge in [0.1, 0.15) is 11.5 Å². The lowest BCUT2D eigenvalue weighted by molar-refractivity contribution is -0.123. The maximum atomic E-state index is 11.9. The largest absolute Gasteiger partial charge is 0.506 e. The van der Waals surface area contributed by atoms with Crippen molar-refractivity contribution in [2.45, 2.75) is 24.8 Å². The first-order chi connectivity index (χ1) is 8.05. The van der Waals surface area contributed by atoms with Crippen LogP contribution >= 0.6 is 0 Å². The zero-order valence-corrected chi connectivity index (χ0v) is 9.69. The maximum Gasteiger partial charge on any atom is 0.244 e. The van der Waals surface area contributed by atoms with Gasteiger partial charge in [0.05, 0.1) is 18.3 Å². The molecule has 17 heavy (non-hydrogen) atoms. The van der Waals surface area contributed by atoms with Crippen LogP contribution in [0.3, 0.4) is 0 Å². The Bertz CT molecular complexity index is 441. The fourth-order valence-electron chi connectivity index (χ4n) is 1.77. The average Bonchev–Trinajstić information content (AvgIpc) is 2.28. The smallest absolute Gasteiger partial charge is 0.244 e. The van der Waals surface area contributed by atoms with Crippen LogP contribution in [0.1, 0.15) is 19.3 Å². The summed E-state index contributed by atoms with van der Waals surface area (Å²) in [6, 6.07) is 4.65. The van der Waals surface area contributed by atoms with Crippen molar-refractivity contribution in [2.24, 2.45) is 5.73 Å². The van der Waals surface area contributed by atoms with Crippen LogP contribution in [0.15, 0.2) is 18.2 Å². The molecule has 1 fully saturated rings. The number of benzene rings is 1. The molecular weight excluding hydrogens is 220 g/mol. The fourth-order valence-corrected chi connectivity index (χ4v) is 1.77. The van der Waals surface area contributed by atoms with E-state index < -0.39 is 5.54 Å². The van der Waals surface area contributed by atoms with Crippen molar-refractivity contribution < 1.29 is 14.6 Å². The van der Waals surface area contributed by atoms with E-state index in [0.29, 0.717) is 24.3 Å². The molecule has 0 unspecified atom stereocenters. The number of amides is 1. The molecule has 4 N–H and O–H groups in total. The summed E-state index contributed by atoms with van der Waals surface area (Å²) in [6.07, 6.45) is 2.33. The molecule has 0 heterocycles. The van der Waals surface area contributed by atoms with Gasteiger partial charge in [-0.05, 0) is 31.4 Å². The molecule has 0 aliphatic heterocycles. The Hall–Kier alpha value is -1.75. The third kappa shape index (κ3) is 2.19. The monoisotopic (exact) mass is 236 g/mol. The number of methoxy groups -OCH3 is 1. The van der Waals surface area contributed by atoms with Crippen molar-refractivity contribution in [3.05, 3.63) is 18.2 Å². The first-order valence-corrected chi connectivity index (χ1v) is 5.52. The number of ether oxygens (including phenoxy) is 1. The maximum absolute atomic E-state index is 11.9. The van der Waals surface area contributed by atoms with E-state index in [1.165, 1.54) is 13.2 Å². The van der Waals surface area contributed by atoms with Crippen LogP contribution in [0.25, 0.3) is 0 Å². The van der Waals surface area contributed by atoms with E-state index in [9.17, 15) is 9.90 Å². The molecule has 1 aliphatic carbocycles. The summed E-state index contributed by atoms with van der Waals surface area (Å²) in [7, 11) is 1.52. The van der Waals surface area contributed by atoms with Crippen LogP contribution in [0.4, 0.5) is 5.69 Å². The van der Waals surface area contributed by atoms with Gasteiger partial charge in [0.15, 0.2) is 0 Å². The van der Waals surface area contributed by atoms with Crippen LogP contribution in [0.2, 0.25) is 0 Å². The summed E-state index contributed by atoms with van der Waals surface area (Å²) in [5.74, 6) is 0.312. The van der Waals surface area contributed by atoms with Gasteiger partial charge in [-0.25, -0.2) is 0 Å². The van der Waals surface area contributed by atoms with Crippen molar-refractivity contribution in [3.8, 4) is 11.5 Å². The lowest BCUT2D eigenvalue weighted by Crippen LogP contribution is -2.56. The Balaban J connectivity index is 2.15. The van der Waals surface area contributed by atoms with E-state index in [-0.39, 0.29) is 11.7 Å². The van der Waals surface area contributed by atoms with Gasteiger partial charge in [-0.15, -0.1) is 0 Å². The van der Waals surface area contributed by atoms with E-state index in [0.717, 1.165) is 6.42 Å². The summed E-state index contributed by atoms with van der Waals surface area (Å²) in [5.41, 5.74) is 5.43. The van der Waals surface area contributed by atoms with Gasteiger partial charge in [0.25, 0.3) is 0 Å². The molecule has 0 saturated heterocycles. The van der Waals surface area contributed by atoms with E-state index in [1.54, 1.807) is 12.1 Å². The highest BCUT2D eigenvalue weighted by molar-refractivity contribution is 5.99. The lowest BCUT2D eigenvalue weighted by atomic mass is 9.77. The summed E-state index contributed by atoms with van der Waals surface area (Å²) >= 11 is 0. The molecule has 0 aromatic heterocycles. The van der Waals surface area contributed by atoms with Crippen LogP contribution in [-0.2, 0) is 4.79 Å². The predicted molar refractivity (Wildman–Crippen MR) is 64.1 cm³/mol. The molecule has 0 bridgehead atoms. The summed E-state index contributed by atoms with van der Waals surface area (Å²) in [4.78, 5) is 11.9. The summed E-state index contributed by atoms with van der Waals surface area (Å²) in [5, 5.41) is 12.3. The molecule has 1 amide bonds. The van der Waals surface area contributed by atoms with Gasteiger partial charge in [-0.3, -0.25) is 4.79 Å². The normalized spacial score (nSPS) is 17.1. The van der Waals surface area contributed by atoms with Gasteiger partial charge in [-0.2, -0.15) is 0 Å². The Morgan fingerprint density at radius 3 is 2.76 bits per heavy atom. The van der Waals surface area contributed by atoms with Crippen molar-refractivity contribution in [3.63, 3.8) is 0 Å². The number of phenols is 1. The lowest BCUT2D eigenvalue weighted by Gasteiger charge is -2.36. The Morgan fingerprint density at radius 1 is 1.53 bits per heavy atom. The Kier molecular flexibility index (Phi) is 2.93. The summed E-state index contributed by atoms with van der Waals surface area (Å²) < 4.78 is 5.02. The highest BCUT2D eigenvalue weighted by Crippen LogP contribution is 2.33.